The Morgan fingerprint density at radius 2 is 1.93 bits per heavy atom. The minimum Gasteiger partial charge on any atom is -0.497 e. The zero-order chi connectivity index (χ0) is 18.8. The Balaban J connectivity index is 0.00000364. The van der Waals surface area contributed by atoms with Gasteiger partial charge in [0.25, 0.3) is 0 Å². The van der Waals surface area contributed by atoms with Crippen LogP contribution in [0.2, 0.25) is 0 Å². The first-order valence-electron chi connectivity index (χ1n) is 8.73. The molecule has 5 nitrogen and oxygen atoms in total. The third-order valence-corrected chi connectivity index (χ3v) is 4.29. The van der Waals surface area contributed by atoms with E-state index in [1.54, 1.807) is 20.2 Å². The van der Waals surface area contributed by atoms with Crippen LogP contribution < -0.4 is 15.4 Å². The number of nitriles is 1. The van der Waals surface area contributed by atoms with Crippen LogP contribution in [0, 0.1) is 11.3 Å². The number of hydrogen-bond donors (Lipinski definition) is 2. The number of hydrogen-bond acceptors (Lipinski definition) is 3. The minimum absolute atomic E-state index is 0. The maximum Gasteiger partial charge on any atom is 0.191 e. The molecule has 1 atom stereocenters. The Hall–Kier alpha value is -2.27. The highest BCUT2D eigenvalue weighted by Gasteiger charge is 2.06. The van der Waals surface area contributed by atoms with Crippen LogP contribution in [-0.2, 0) is 6.54 Å². The molecular formula is C21H27IN4O. The Bertz CT molecular complexity index is 768. The first-order chi connectivity index (χ1) is 12.7. The maximum atomic E-state index is 8.96. The highest BCUT2D eigenvalue weighted by Crippen LogP contribution is 2.21. The first kappa shape index (κ1) is 22.8. The van der Waals surface area contributed by atoms with Gasteiger partial charge in [-0.1, -0.05) is 31.2 Å². The molecule has 0 aliphatic rings. The molecule has 2 N–H and O–H groups in total. The van der Waals surface area contributed by atoms with Crippen molar-refractivity contribution in [3.05, 3.63) is 65.2 Å². The zero-order valence-corrected chi connectivity index (χ0v) is 18.4. The number of guanidine groups is 1. The molecule has 6 heteroatoms. The van der Waals surface area contributed by atoms with Crippen molar-refractivity contribution in [3.8, 4) is 11.8 Å². The molecule has 0 aromatic heterocycles. The molecule has 0 saturated carbocycles. The van der Waals surface area contributed by atoms with E-state index in [0.29, 0.717) is 18.0 Å². The summed E-state index contributed by atoms with van der Waals surface area (Å²) in [6.45, 7) is 3.67. The van der Waals surface area contributed by atoms with Gasteiger partial charge in [-0.05, 0) is 47.7 Å². The summed E-state index contributed by atoms with van der Waals surface area (Å²) in [5.74, 6) is 2.08. The summed E-state index contributed by atoms with van der Waals surface area (Å²) in [5.41, 5.74) is 3.02. The summed E-state index contributed by atoms with van der Waals surface area (Å²) in [5, 5.41) is 15.6. The fourth-order valence-corrected chi connectivity index (χ4v) is 2.66. The summed E-state index contributed by atoms with van der Waals surface area (Å²) < 4.78 is 5.20. The average molecular weight is 478 g/mol. The Morgan fingerprint density at radius 3 is 2.56 bits per heavy atom. The van der Waals surface area contributed by atoms with Gasteiger partial charge in [0, 0.05) is 20.1 Å². The zero-order valence-electron chi connectivity index (χ0n) is 16.0. The van der Waals surface area contributed by atoms with Crippen LogP contribution in [0.15, 0.2) is 53.5 Å². The molecule has 0 amide bonds. The van der Waals surface area contributed by atoms with Gasteiger partial charge in [-0.2, -0.15) is 5.26 Å². The molecule has 0 heterocycles. The molecule has 0 fully saturated rings. The van der Waals surface area contributed by atoms with Crippen molar-refractivity contribution in [3.63, 3.8) is 0 Å². The Kier molecular flexibility index (Phi) is 10.3. The van der Waals surface area contributed by atoms with Gasteiger partial charge in [0.05, 0.1) is 18.7 Å². The van der Waals surface area contributed by atoms with E-state index >= 15 is 0 Å². The van der Waals surface area contributed by atoms with E-state index in [2.05, 4.69) is 40.8 Å². The summed E-state index contributed by atoms with van der Waals surface area (Å²) >= 11 is 0. The normalized spacial score (nSPS) is 11.7. The second-order valence-corrected chi connectivity index (χ2v) is 6.13. The van der Waals surface area contributed by atoms with E-state index < -0.39 is 0 Å². The van der Waals surface area contributed by atoms with Crippen LogP contribution in [0.3, 0.4) is 0 Å². The lowest BCUT2D eigenvalue weighted by Gasteiger charge is -2.15. The molecule has 2 rings (SSSR count). The number of nitrogens with zero attached hydrogens (tertiary/aromatic N) is 2. The van der Waals surface area contributed by atoms with Crippen LogP contribution in [-0.4, -0.2) is 26.7 Å². The number of nitrogens with one attached hydrogen (secondary N) is 2. The summed E-state index contributed by atoms with van der Waals surface area (Å²) in [4.78, 5) is 4.25. The Labute approximate surface area is 178 Å². The molecule has 144 valence electrons. The lowest BCUT2D eigenvalue weighted by atomic mass is 9.98. The number of aliphatic imine (C=N–C) groups is 1. The summed E-state index contributed by atoms with van der Waals surface area (Å²) in [6, 6.07) is 17.9. The molecule has 0 aliphatic heterocycles. The van der Waals surface area contributed by atoms with Crippen molar-refractivity contribution >= 4 is 29.9 Å². The van der Waals surface area contributed by atoms with Gasteiger partial charge in [-0.3, -0.25) is 4.99 Å². The molecule has 2 aromatic rings. The minimum atomic E-state index is 0. The number of ether oxygens (including phenoxy) is 1. The number of benzene rings is 2. The quantitative estimate of drug-likeness (QED) is 0.358. The fraction of sp³-hybridized carbons (Fsp3) is 0.333. The lowest BCUT2D eigenvalue weighted by Crippen LogP contribution is -2.37. The molecule has 0 aliphatic carbocycles. The van der Waals surface area contributed by atoms with Gasteiger partial charge < -0.3 is 15.4 Å². The molecule has 27 heavy (non-hydrogen) atoms. The van der Waals surface area contributed by atoms with Gasteiger partial charge in [0.15, 0.2) is 5.96 Å². The summed E-state index contributed by atoms with van der Waals surface area (Å²) in [7, 11) is 3.44. The van der Waals surface area contributed by atoms with Crippen LogP contribution in [0.4, 0.5) is 0 Å². The topological polar surface area (TPSA) is 69.4 Å². The van der Waals surface area contributed by atoms with E-state index in [9.17, 15) is 0 Å². The predicted octanol–water partition coefficient (Wildman–Crippen LogP) is 4.04. The number of methoxy groups -OCH3 is 1. The van der Waals surface area contributed by atoms with Gasteiger partial charge in [0.2, 0.25) is 0 Å². The van der Waals surface area contributed by atoms with Crippen LogP contribution in [0.1, 0.15) is 36.0 Å². The molecule has 0 bridgehead atoms. The predicted molar refractivity (Wildman–Crippen MR) is 121 cm³/mol. The Morgan fingerprint density at radius 1 is 1.19 bits per heavy atom. The molecule has 0 spiro atoms. The van der Waals surface area contributed by atoms with Crippen molar-refractivity contribution in [1.82, 2.24) is 10.6 Å². The third kappa shape index (κ3) is 7.47. The van der Waals surface area contributed by atoms with Crippen LogP contribution >= 0.6 is 24.0 Å². The SMILES string of the molecule is CN=C(NCCC(C)c1ccc(OC)cc1)NCc1cccc(C#N)c1.I. The van der Waals surface area contributed by atoms with Crippen LogP contribution in [0.25, 0.3) is 0 Å². The highest BCUT2D eigenvalue weighted by atomic mass is 127. The van der Waals surface area contributed by atoms with E-state index in [1.165, 1.54) is 5.56 Å². The van der Waals surface area contributed by atoms with E-state index in [-0.39, 0.29) is 24.0 Å². The van der Waals surface area contributed by atoms with Gasteiger partial charge in [-0.15, -0.1) is 24.0 Å². The molecule has 2 aromatic carbocycles. The van der Waals surface area contributed by atoms with Crippen molar-refractivity contribution in [2.75, 3.05) is 20.7 Å². The van der Waals surface area contributed by atoms with Crippen molar-refractivity contribution in [1.29, 1.82) is 5.26 Å². The molecule has 0 radical (unpaired) electrons. The lowest BCUT2D eigenvalue weighted by molar-refractivity contribution is 0.414. The second-order valence-electron chi connectivity index (χ2n) is 6.13. The third-order valence-electron chi connectivity index (χ3n) is 4.29. The number of halogens is 1. The fourth-order valence-electron chi connectivity index (χ4n) is 2.66. The van der Waals surface area contributed by atoms with Crippen molar-refractivity contribution in [2.45, 2.75) is 25.8 Å². The standard InChI is InChI=1S/C21H26N4O.HI/c1-16(19-7-9-20(26-3)10-8-19)11-12-24-21(23-2)25-15-18-6-4-5-17(13-18)14-22;/h4-10,13,16H,11-12,15H2,1-3H3,(H2,23,24,25);1H. The van der Waals surface area contributed by atoms with Crippen molar-refractivity contribution < 1.29 is 4.74 Å². The van der Waals surface area contributed by atoms with Crippen LogP contribution in [0.5, 0.6) is 5.75 Å². The van der Waals surface area contributed by atoms with Gasteiger partial charge in [0.1, 0.15) is 5.75 Å². The average Bonchev–Trinajstić information content (AvgIpc) is 2.70. The molecule has 1 unspecified atom stereocenters. The van der Waals surface area contributed by atoms with E-state index in [0.717, 1.165) is 30.2 Å². The summed E-state index contributed by atoms with van der Waals surface area (Å²) in [6.07, 6.45) is 0.997. The van der Waals surface area contributed by atoms with Gasteiger partial charge >= 0.3 is 0 Å². The monoisotopic (exact) mass is 478 g/mol. The molecule has 0 saturated heterocycles. The maximum absolute atomic E-state index is 8.96. The number of rotatable bonds is 7. The van der Waals surface area contributed by atoms with E-state index in [4.69, 9.17) is 10.00 Å². The van der Waals surface area contributed by atoms with E-state index in [1.807, 2.05) is 30.3 Å². The van der Waals surface area contributed by atoms with Gasteiger partial charge in [-0.25, -0.2) is 0 Å². The smallest absolute Gasteiger partial charge is 0.191 e. The van der Waals surface area contributed by atoms with Crippen molar-refractivity contribution in [2.24, 2.45) is 4.99 Å². The largest absolute Gasteiger partial charge is 0.497 e. The molecular weight excluding hydrogens is 451 g/mol. The second kappa shape index (κ2) is 12.2. The first-order valence-corrected chi connectivity index (χ1v) is 8.73. The highest BCUT2D eigenvalue weighted by molar-refractivity contribution is 14.0.